The molecule has 104 valence electrons. The predicted molar refractivity (Wildman–Crippen MR) is 74.0 cm³/mol. The number of nitrogens with zero attached hydrogens (tertiary/aromatic N) is 3. The second-order valence-corrected chi connectivity index (χ2v) is 5.00. The lowest BCUT2D eigenvalue weighted by molar-refractivity contribution is 0.728. The van der Waals surface area contributed by atoms with E-state index in [4.69, 9.17) is 0 Å². The first-order valence-corrected chi connectivity index (χ1v) is 6.48. The van der Waals surface area contributed by atoms with Gasteiger partial charge in [0.1, 0.15) is 12.1 Å². The molecule has 3 heterocycles. The Morgan fingerprint density at radius 2 is 2.20 bits per heavy atom. The summed E-state index contributed by atoms with van der Waals surface area (Å²) in [6.07, 6.45) is 4.19. The second-order valence-electron chi connectivity index (χ2n) is 5.00. The van der Waals surface area contributed by atoms with E-state index in [9.17, 15) is 9.59 Å². The zero-order chi connectivity index (χ0) is 14.1. The molecule has 1 atom stereocenters. The van der Waals surface area contributed by atoms with Crippen LogP contribution in [0.1, 0.15) is 23.6 Å². The average Bonchev–Trinajstić information content (AvgIpc) is 2.87. The van der Waals surface area contributed by atoms with E-state index in [0.29, 0.717) is 5.69 Å². The van der Waals surface area contributed by atoms with Crippen molar-refractivity contribution in [2.45, 2.75) is 19.3 Å². The highest BCUT2D eigenvalue weighted by molar-refractivity contribution is 5.46. The molecule has 1 unspecified atom stereocenters. The smallest absolute Gasteiger partial charge is 0.325 e. The Bertz CT molecular complexity index is 708. The van der Waals surface area contributed by atoms with Gasteiger partial charge in [0.2, 0.25) is 0 Å². The maximum absolute atomic E-state index is 11.4. The molecule has 1 aliphatic heterocycles. The van der Waals surface area contributed by atoms with Gasteiger partial charge in [-0.1, -0.05) is 0 Å². The molecule has 0 bridgehead atoms. The van der Waals surface area contributed by atoms with Crippen LogP contribution in [-0.2, 0) is 0 Å². The molecule has 0 amide bonds. The normalized spacial score (nSPS) is 18.4. The summed E-state index contributed by atoms with van der Waals surface area (Å²) in [6, 6.07) is 1.46. The number of aryl methyl sites for hydroxylation is 1. The third kappa shape index (κ3) is 2.34. The van der Waals surface area contributed by atoms with Crippen molar-refractivity contribution in [3.8, 4) is 0 Å². The minimum atomic E-state index is -0.454. The van der Waals surface area contributed by atoms with Crippen LogP contribution >= 0.6 is 0 Å². The van der Waals surface area contributed by atoms with Crippen LogP contribution in [0.2, 0.25) is 0 Å². The first-order chi connectivity index (χ1) is 9.63. The van der Waals surface area contributed by atoms with Gasteiger partial charge < -0.3 is 9.88 Å². The molecule has 2 aromatic heterocycles. The van der Waals surface area contributed by atoms with Gasteiger partial charge in [0.25, 0.3) is 5.56 Å². The van der Waals surface area contributed by atoms with Crippen molar-refractivity contribution in [2.24, 2.45) is 0 Å². The topological polar surface area (TPSA) is 94.7 Å². The fraction of sp³-hybridized carbons (Fsp3) is 0.385. The number of nitrogens with one attached hydrogen (secondary N) is 2. The molecule has 1 fully saturated rings. The van der Waals surface area contributed by atoms with E-state index < -0.39 is 5.69 Å². The maximum Gasteiger partial charge on any atom is 0.325 e. The second kappa shape index (κ2) is 4.92. The fourth-order valence-electron chi connectivity index (χ4n) is 2.64. The Balaban J connectivity index is 1.85. The summed E-state index contributed by atoms with van der Waals surface area (Å²) < 4.78 is 0. The molecule has 7 heteroatoms. The van der Waals surface area contributed by atoms with Crippen molar-refractivity contribution in [3.05, 3.63) is 50.7 Å². The van der Waals surface area contributed by atoms with Crippen molar-refractivity contribution in [1.29, 1.82) is 0 Å². The van der Waals surface area contributed by atoms with Gasteiger partial charge in [0.15, 0.2) is 0 Å². The molecule has 1 saturated heterocycles. The minimum absolute atomic E-state index is 0.138. The molecule has 2 aromatic rings. The van der Waals surface area contributed by atoms with Crippen LogP contribution in [0, 0.1) is 6.92 Å². The third-order valence-corrected chi connectivity index (χ3v) is 3.58. The predicted octanol–water partition coefficient (Wildman–Crippen LogP) is 0.156. The number of hydrogen-bond acceptors (Lipinski definition) is 5. The summed E-state index contributed by atoms with van der Waals surface area (Å²) in [5.74, 6) is 1.05. The van der Waals surface area contributed by atoms with Crippen LogP contribution in [0.3, 0.4) is 0 Å². The van der Waals surface area contributed by atoms with Crippen LogP contribution in [0.25, 0.3) is 0 Å². The Labute approximate surface area is 114 Å². The Morgan fingerprint density at radius 1 is 1.35 bits per heavy atom. The average molecular weight is 273 g/mol. The fourth-order valence-corrected chi connectivity index (χ4v) is 2.64. The number of hydrogen-bond donors (Lipinski definition) is 2. The Hall–Kier alpha value is -2.44. The van der Waals surface area contributed by atoms with Crippen LogP contribution in [0.15, 0.2) is 28.2 Å². The first kappa shape index (κ1) is 12.6. The number of rotatable bonds is 2. The third-order valence-electron chi connectivity index (χ3n) is 3.58. The molecule has 2 N–H and O–H groups in total. The molecule has 0 saturated carbocycles. The lowest BCUT2D eigenvalue weighted by Crippen LogP contribution is -2.26. The molecule has 0 spiro atoms. The van der Waals surface area contributed by atoms with E-state index in [1.807, 2.05) is 6.92 Å². The number of aromatic nitrogens is 4. The highest BCUT2D eigenvalue weighted by atomic mass is 16.2. The highest BCUT2D eigenvalue weighted by Gasteiger charge is 2.26. The first-order valence-electron chi connectivity index (χ1n) is 6.48. The Morgan fingerprint density at radius 3 is 2.95 bits per heavy atom. The monoisotopic (exact) mass is 273 g/mol. The van der Waals surface area contributed by atoms with Gasteiger partial charge >= 0.3 is 5.69 Å². The zero-order valence-corrected chi connectivity index (χ0v) is 11.1. The lowest BCUT2D eigenvalue weighted by Gasteiger charge is -2.18. The maximum atomic E-state index is 11.4. The quantitative estimate of drug-likeness (QED) is 0.812. The highest BCUT2D eigenvalue weighted by Crippen LogP contribution is 2.28. The van der Waals surface area contributed by atoms with Gasteiger partial charge in [-0.2, -0.15) is 0 Å². The summed E-state index contributed by atoms with van der Waals surface area (Å²) in [5, 5.41) is 0. The van der Waals surface area contributed by atoms with Gasteiger partial charge in [-0.05, 0) is 13.3 Å². The zero-order valence-electron chi connectivity index (χ0n) is 11.1. The minimum Gasteiger partial charge on any atom is -0.356 e. The Kier molecular flexibility index (Phi) is 3.09. The summed E-state index contributed by atoms with van der Waals surface area (Å²) in [7, 11) is 0. The number of aromatic amines is 2. The van der Waals surface area contributed by atoms with E-state index in [0.717, 1.165) is 30.9 Å². The molecule has 1 aliphatic rings. The molecule has 0 radical (unpaired) electrons. The van der Waals surface area contributed by atoms with Gasteiger partial charge in [-0.15, -0.1) is 0 Å². The van der Waals surface area contributed by atoms with Crippen LogP contribution in [0.5, 0.6) is 0 Å². The van der Waals surface area contributed by atoms with E-state index in [1.165, 1.54) is 12.4 Å². The van der Waals surface area contributed by atoms with E-state index >= 15 is 0 Å². The van der Waals surface area contributed by atoms with E-state index in [-0.39, 0.29) is 11.5 Å². The van der Waals surface area contributed by atoms with Crippen molar-refractivity contribution in [3.63, 3.8) is 0 Å². The van der Waals surface area contributed by atoms with E-state index in [2.05, 4.69) is 24.8 Å². The number of H-pyrrole nitrogens is 2. The van der Waals surface area contributed by atoms with Crippen LogP contribution in [-0.4, -0.2) is 33.0 Å². The number of anilines is 1. The molecule has 7 nitrogen and oxygen atoms in total. The van der Waals surface area contributed by atoms with E-state index in [1.54, 1.807) is 6.20 Å². The molecule has 20 heavy (non-hydrogen) atoms. The van der Waals surface area contributed by atoms with Crippen LogP contribution < -0.4 is 16.1 Å². The van der Waals surface area contributed by atoms with Crippen molar-refractivity contribution >= 4 is 5.82 Å². The SMILES string of the molecule is Cc1cncnc1N1CCC(c2cc(=O)[nH]c(=O)[nH]2)C1. The molecule has 3 rings (SSSR count). The summed E-state index contributed by atoms with van der Waals surface area (Å²) in [6.45, 7) is 3.55. The summed E-state index contributed by atoms with van der Waals surface area (Å²) in [5.41, 5.74) is 0.894. The largest absolute Gasteiger partial charge is 0.356 e. The molecule has 0 aromatic carbocycles. The molecular weight excluding hydrogens is 258 g/mol. The van der Waals surface area contributed by atoms with Gasteiger partial charge in [0.05, 0.1) is 0 Å². The lowest BCUT2D eigenvalue weighted by atomic mass is 10.1. The molecular formula is C13H15N5O2. The summed E-state index contributed by atoms with van der Waals surface area (Å²) in [4.78, 5) is 38.0. The van der Waals surface area contributed by atoms with Crippen LogP contribution in [0.4, 0.5) is 5.82 Å². The summed E-state index contributed by atoms with van der Waals surface area (Å²) >= 11 is 0. The van der Waals surface area contributed by atoms with Crippen molar-refractivity contribution in [1.82, 2.24) is 19.9 Å². The van der Waals surface area contributed by atoms with Crippen molar-refractivity contribution in [2.75, 3.05) is 18.0 Å². The van der Waals surface area contributed by atoms with Gasteiger partial charge in [-0.25, -0.2) is 14.8 Å². The van der Waals surface area contributed by atoms with Crippen molar-refractivity contribution < 1.29 is 0 Å². The van der Waals surface area contributed by atoms with Gasteiger partial charge in [-0.3, -0.25) is 9.78 Å². The molecule has 0 aliphatic carbocycles. The standard InChI is InChI=1S/C13H15N5O2/c1-8-5-14-7-15-12(8)18-3-2-9(6-18)10-4-11(19)17-13(20)16-10/h4-5,7,9H,2-3,6H2,1H3,(H2,16,17,19,20). The van der Waals surface area contributed by atoms with Gasteiger partial charge in [0, 0.05) is 42.5 Å².